The van der Waals surface area contributed by atoms with E-state index in [1.165, 1.54) is 12.1 Å². The highest BCUT2D eigenvalue weighted by Gasteiger charge is 2.14. The summed E-state index contributed by atoms with van der Waals surface area (Å²) in [6.45, 7) is 0. The molecular formula is C14H8F2N2O3. The summed E-state index contributed by atoms with van der Waals surface area (Å²) >= 11 is 0. The molecule has 0 spiro atoms. The van der Waals surface area contributed by atoms with Crippen molar-refractivity contribution in [3.8, 4) is 17.7 Å². The van der Waals surface area contributed by atoms with Crippen LogP contribution in [-0.4, -0.2) is 18.1 Å². The molecule has 0 saturated heterocycles. The van der Waals surface area contributed by atoms with Crippen molar-refractivity contribution in [3.63, 3.8) is 0 Å². The fourth-order valence-electron chi connectivity index (χ4n) is 1.49. The molecule has 0 aliphatic rings. The first kappa shape index (κ1) is 14.4. The summed E-state index contributed by atoms with van der Waals surface area (Å²) < 4.78 is 36.8. The lowest BCUT2D eigenvalue weighted by molar-refractivity contribution is 0.0599. The van der Waals surface area contributed by atoms with Crippen LogP contribution >= 0.6 is 0 Å². The molecule has 2 rings (SSSR count). The van der Waals surface area contributed by atoms with Gasteiger partial charge in [-0.15, -0.1) is 0 Å². The van der Waals surface area contributed by atoms with Crippen LogP contribution in [0.5, 0.6) is 11.6 Å². The first-order chi connectivity index (χ1) is 10.0. The minimum Gasteiger partial charge on any atom is -0.465 e. The molecule has 0 unspecified atom stereocenters. The minimum absolute atomic E-state index is 0.0948. The third kappa shape index (κ3) is 3.12. The van der Waals surface area contributed by atoms with Gasteiger partial charge in [0.2, 0.25) is 0 Å². The zero-order chi connectivity index (χ0) is 15.4. The molecule has 0 fully saturated rings. The molecule has 5 nitrogen and oxygen atoms in total. The van der Waals surface area contributed by atoms with Crippen molar-refractivity contribution < 1.29 is 23.0 Å². The van der Waals surface area contributed by atoms with Crippen LogP contribution in [0.25, 0.3) is 0 Å². The molecule has 0 atom stereocenters. The zero-order valence-electron chi connectivity index (χ0n) is 10.8. The monoisotopic (exact) mass is 290 g/mol. The first-order valence-electron chi connectivity index (χ1n) is 5.66. The molecule has 7 heteroatoms. The number of ether oxygens (including phenoxy) is 2. The number of nitrogens with zero attached hydrogens (tertiary/aromatic N) is 2. The van der Waals surface area contributed by atoms with E-state index in [0.29, 0.717) is 0 Å². The third-order valence-corrected chi connectivity index (χ3v) is 2.50. The van der Waals surface area contributed by atoms with Crippen LogP contribution in [-0.2, 0) is 4.74 Å². The van der Waals surface area contributed by atoms with E-state index in [0.717, 1.165) is 25.4 Å². The van der Waals surface area contributed by atoms with Crippen LogP contribution in [0.1, 0.15) is 15.9 Å². The van der Waals surface area contributed by atoms with Crippen LogP contribution in [0.3, 0.4) is 0 Å². The number of esters is 1. The number of halogens is 2. The van der Waals surface area contributed by atoms with E-state index in [2.05, 4.69) is 9.72 Å². The van der Waals surface area contributed by atoms with Crippen LogP contribution in [0.2, 0.25) is 0 Å². The maximum atomic E-state index is 13.7. The molecule has 2 aromatic rings. The second-order valence-corrected chi connectivity index (χ2v) is 3.86. The van der Waals surface area contributed by atoms with Gasteiger partial charge in [-0.25, -0.2) is 18.6 Å². The highest BCUT2D eigenvalue weighted by molar-refractivity contribution is 5.88. The van der Waals surface area contributed by atoms with Crippen molar-refractivity contribution in [1.29, 1.82) is 5.26 Å². The Labute approximate surface area is 118 Å². The number of carbonyl (C=O) groups excluding carboxylic acids is 1. The Morgan fingerprint density at radius 2 is 2.05 bits per heavy atom. The number of nitriles is 1. The summed E-state index contributed by atoms with van der Waals surface area (Å²) in [5.74, 6) is -3.30. The average molecular weight is 290 g/mol. The molecule has 0 saturated carbocycles. The average Bonchev–Trinajstić information content (AvgIpc) is 2.50. The second kappa shape index (κ2) is 5.96. The van der Waals surface area contributed by atoms with Crippen molar-refractivity contribution in [2.45, 2.75) is 0 Å². The zero-order valence-corrected chi connectivity index (χ0v) is 10.8. The van der Waals surface area contributed by atoms with E-state index in [1.807, 2.05) is 0 Å². The molecule has 106 valence electrons. The number of carbonyl (C=O) groups is 1. The molecule has 21 heavy (non-hydrogen) atoms. The molecule has 0 aliphatic carbocycles. The third-order valence-electron chi connectivity index (χ3n) is 2.50. The predicted molar refractivity (Wildman–Crippen MR) is 66.7 cm³/mol. The lowest BCUT2D eigenvalue weighted by Gasteiger charge is -2.07. The van der Waals surface area contributed by atoms with E-state index in [4.69, 9.17) is 10.00 Å². The van der Waals surface area contributed by atoms with Gasteiger partial charge in [0.25, 0.3) is 5.88 Å². The number of rotatable bonds is 3. The number of pyridine rings is 1. The van der Waals surface area contributed by atoms with E-state index < -0.39 is 23.5 Å². The van der Waals surface area contributed by atoms with Gasteiger partial charge in [-0.1, -0.05) is 0 Å². The number of hydrogen-bond acceptors (Lipinski definition) is 5. The molecule has 0 N–H and O–H groups in total. The molecule has 0 aliphatic heterocycles. The highest BCUT2D eigenvalue weighted by atomic mass is 19.1. The maximum absolute atomic E-state index is 13.7. The molecule has 1 aromatic heterocycles. The van der Waals surface area contributed by atoms with E-state index >= 15 is 0 Å². The van der Waals surface area contributed by atoms with Gasteiger partial charge >= 0.3 is 5.97 Å². The van der Waals surface area contributed by atoms with Crippen molar-refractivity contribution in [3.05, 3.63) is 53.2 Å². The van der Waals surface area contributed by atoms with Gasteiger partial charge in [0.1, 0.15) is 0 Å². The van der Waals surface area contributed by atoms with Gasteiger partial charge in [0.15, 0.2) is 17.4 Å². The summed E-state index contributed by atoms with van der Waals surface area (Å²) in [7, 11) is 1.15. The number of aromatic nitrogens is 1. The topological polar surface area (TPSA) is 72.2 Å². The summed E-state index contributed by atoms with van der Waals surface area (Å²) in [5.41, 5.74) is 0.0111. The first-order valence-corrected chi connectivity index (χ1v) is 5.66. The molecule has 0 radical (unpaired) electrons. The summed E-state index contributed by atoms with van der Waals surface area (Å²) in [6.07, 6.45) is 1.05. The van der Waals surface area contributed by atoms with E-state index in [-0.39, 0.29) is 16.9 Å². The summed E-state index contributed by atoms with van der Waals surface area (Å²) in [4.78, 5) is 14.8. The van der Waals surface area contributed by atoms with Gasteiger partial charge in [-0.2, -0.15) is 5.26 Å². The Morgan fingerprint density at radius 3 is 2.62 bits per heavy atom. The SMILES string of the molecule is COC(=O)c1cnc(Oc2ccc(C#N)cc2F)c(F)c1. The minimum atomic E-state index is -0.943. The quantitative estimate of drug-likeness (QED) is 0.813. The van der Waals surface area contributed by atoms with Gasteiger partial charge < -0.3 is 9.47 Å². The summed E-state index contributed by atoms with van der Waals surface area (Å²) in [5, 5.41) is 8.62. The smallest absolute Gasteiger partial charge is 0.339 e. The van der Waals surface area contributed by atoms with Crippen molar-refractivity contribution in [1.82, 2.24) is 4.98 Å². The molecular weight excluding hydrogens is 282 g/mol. The lowest BCUT2D eigenvalue weighted by atomic mass is 10.2. The fourth-order valence-corrected chi connectivity index (χ4v) is 1.49. The predicted octanol–water partition coefficient (Wildman–Crippen LogP) is 2.81. The van der Waals surface area contributed by atoms with Crippen LogP contribution in [0.4, 0.5) is 8.78 Å². The lowest BCUT2D eigenvalue weighted by Crippen LogP contribution is -2.04. The normalized spacial score (nSPS) is 9.81. The number of methoxy groups -OCH3 is 1. The van der Waals surface area contributed by atoms with Gasteiger partial charge in [0.05, 0.1) is 24.3 Å². The van der Waals surface area contributed by atoms with E-state index in [1.54, 1.807) is 6.07 Å². The van der Waals surface area contributed by atoms with Crippen molar-refractivity contribution >= 4 is 5.97 Å². The van der Waals surface area contributed by atoms with Gasteiger partial charge in [-0.05, 0) is 24.3 Å². The Hall–Kier alpha value is -3.01. The number of benzene rings is 1. The van der Waals surface area contributed by atoms with Crippen LogP contribution < -0.4 is 4.74 Å². The Bertz CT molecular complexity index is 741. The Kier molecular flexibility index (Phi) is 4.09. The maximum Gasteiger partial charge on any atom is 0.339 e. The molecule has 0 bridgehead atoms. The number of hydrogen-bond donors (Lipinski definition) is 0. The summed E-state index contributed by atoms with van der Waals surface area (Å²) in [6, 6.07) is 6.09. The largest absolute Gasteiger partial charge is 0.465 e. The second-order valence-electron chi connectivity index (χ2n) is 3.86. The molecule has 0 amide bonds. The standard InChI is InChI=1S/C14H8F2N2O3/c1-20-14(19)9-5-11(16)13(18-7-9)21-12-3-2-8(6-17)4-10(12)15/h2-5,7H,1H3. The molecule has 1 heterocycles. The molecule has 1 aromatic carbocycles. The van der Waals surface area contributed by atoms with Gasteiger partial charge in [-0.3, -0.25) is 0 Å². The van der Waals surface area contributed by atoms with Crippen LogP contribution in [0, 0.1) is 23.0 Å². The van der Waals surface area contributed by atoms with Crippen molar-refractivity contribution in [2.75, 3.05) is 7.11 Å². The fraction of sp³-hybridized carbons (Fsp3) is 0.0714. The highest BCUT2D eigenvalue weighted by Crippen LogP contribution is 2.26. The van der Waals surface area contributed by atoms with Gasteiger partial charge in [0, 0.05) is 6.20 Å². The Balaban J connectivity index is 2.28. The van der Waals surface area contributed by atoms with E-state index in [9.17, 15) is 13.6 Å². The van der Waals surface area contributed by atoms with Crippen molar-refractivity contribution in [2.24, 2.45) is 0 Å². The Morgan fingerprint density at radius 1 is 1.29 bits per heavy atom. The van der Waals surface area contributed by atoms with Crippen LogP contribution in [0.15, 0.2) is 30.5 Å².